The first-order valence-corrected chi connectivity index (χ1v) is 6.92. The number of hydrogen-bond acceptors (Lipinski definition) is 2. The maximum absolute atomic E-state index is 6.13. The van der Waals surface area contributed by atoms with Gasteiger partial charge in [-0.3, -0.25) is 0 Å². The summed E-state index contributed by atoms with van der Waals surface area (Å²) >= 11 is 3.48. The lowest BCUT2D eigenvalue weighted by atomic mass is 10.0. The van der Waals surface area contributed by atoms with Crippen molar-refractivity contribution in [3.63, 3.8) is 0 Å². The Kier molecular flexibility index (Phi) is 4.38. The summed E-state index contributed by atoms with van der Waals surface area (Å²) in [5.41, 5.74) is 7.25. The van der Waals surface area contributed by atoms with Gasteiger partial charge in [-0.25, -0.2) is 0 Å². The Morgan fingerprint density at radius 2 is 1.78 bits per heavy atom. The molecule has 2 N–H and O–H groups in total. The molecule has 18 heavy (non-hydrogen) atoms. The molecule has 0 radical (unpaired) electrons. The molecule has 0 heterocycles. The van der Waals surface area contributed by atoms with Gasteiger partial charge in [0.05, 0.1) is 18.8 Å². The van der Waals surface area contributed by atoms with Crippen LogP contribution in [0.3, 0.4) is 0 Å². The second kappa shape index (κ2) is 5.83. The SMILES string of the molecule is CC(C)OCC(N)c1ccc2cc(Br)ccc2c1. The van der Waals surface area contributed by atoms with Crippen molar-refractivity contribution in [2.75, 3.05) is 6.61 Å². The lowest BCUT2D eigenvalue weighted by Crippen LogP contribution is -2.19. The average molecular weight is 308 g/mol. The fourth-order valence-electron chi connectivity index (χ4n) is 1.86. The molecule has 0 bridgehead atoms. The zero-order chi connectivity index (χ0) is 13.1. The third-order valence-corrected chi connectivity index (χ3v) is 3.36. The van der Waals surface area contributed by atoms with Crippen molar-refractivity contribution in [2.45, 2.75) is 26.0 Å². The fraction of sp³-hybridized carbons (Fsp3) is 0.333. The standard InChI is InChI=1S/C15H18BrNO/c1-10(2)18-9-15(17)13-4-3-12-8-14(16)6-5-11(12)7-13/h3-8,10,15H,9,17H2,1-2H3. The molecule has 0 saturated carbocycles. The van der Waals surface area contributed by atoms with Crippen LogP contribution in [0.5, 0.6) is 0 Å². The normalized spacial score (nSPS) is 13.2. The van der Waals surface area contributed by atoms with E-state index in [0.717, 1.165) is 10.0 Å². The Morgan fingerprint density at radius 1 is 1.11 bits per heavy atom. The molecule has 0 fully saturated rings. The molecule has 96 valence electrons. The maximum atomic E-state index is 6.13. The molecule has 1 unspecified atom stereocenters. The van der Waals surface area contributed by atoms with Crippen LogP contribution in [0.1, 0.15) is 25.5 Å². The number of hydrogen-bond donors (Lipinski definition) is 1. The van der Waals surface area contributed by atoms with Gasteiger partial charge in [0.1, 0.15) is 0 Å². The van der Waals surface area contributed by atoms with Gasteiger partial charge in [0.15, 0.2) is 0 Å². The molecule has 0 aliphatic rings. The van der Waals surface area contributed by atoms with E-state index in [2.05, 4.69) is 46.3 Å². The van der Waals surface area contributed by atoms with Gasteiger partial charge in [0.25, 0.3) is 0 Å². The Balaban J connectivity index is 2.21. The summed E-state index contributed by atoms with van der Waals surface area (Å²) < 4.78 is 6.65. The molecule has 2 rings (SSSR count). The lowest BCUT2D eigenvalue weighted by molar-refractivity contribution is 0.0683. The largest absolute Gasteiger partial charge is 0.377 e. The van der Waals surface area contributed by atoms with E-state index in [1.807, 2.05) is 19.9 Å². The first-order chi connectivity index (χ1) is 8.56. The zero-order valence-electron chi connectivity index (χ0n) is 10.7. The Morgan fingerprint density at radius 3 is 2.50 bits per heavy atom. The molecule has 0 amide bonds. The van der Waals surface area contributed by atoms with Crippen LogP contribution in [0.4, 0.5) is 0 Å². The molecule has 1 atom stereocenters. The number of fused-ring (bicyclic) bond motifs is 1. The third kappa shape index (κ3) is 3.31. The highest BCUT2D eigenvalue weighted by molar-refractivity contribution is 9.10. The lowest BCUT2D eigenvalue weighted by Gasteiger charge is -2.15. The second-order valence-corrected chi connectivity index (χ2v) is 5.66. The smallest absolute Gasteiger partial charge is 0.0662 e. The molecule has 2 aromatic rings. The molecule has 0 aliphatic heterocycles. The summed E-state index contributed by atoms with van der Waals surface area (Å²) in [4.78, 5) is 0. The van der Waals surface area contributed by atoms with E-state index in [-0.39, 0.29) is 12.1 Å². The number of halogens is 1. The van der Waals surface area contributed by atoms with E-state index in [4.69, 9.17) is 10.5 Å². The van der Waals surface area contributed by atoms with E-state index >= 15 is 0 Å². The summed E-state index contributed by atoms with van der Waals surface area (Å²) in [7, 11) is 0. The van der Waals surface area contributed by atoms with E-state index in [0.29, 0.717) is 6.61 Å². The van der Waals surface area contributed by atoms with Crippen LogP contribution < -0.4 is 5.73 Å². The Bertz CT molecular complexity index is 539. The van der Waals surface area contributed by atoms with Crippen molar-refractivity contribution in [2.24, 2.45) is 5.73 Å². The summed E-state index contributed by atoms with van der Waals surface area (Å²) in [6, 6.07) is 12.5. The monoisotopic (exact) mass is 307 g/mol. The predicted molar refractivity (Wildman–Crippen MR) is 79.7 cm³/mol. The van der Waals surface area contributed by atoms with Crippen LogP contribution in [0, 0.1) is 0 Å². The van der Waals surface area contributed by atoms with Gasteiger partial charge < -0.3 is 10.5 Å². The van der Waals surface area contributed by atoms with Crippen LogP contribution in [-0.4, -0.2) is 12.7 Å². The molecule has 0 spiro atoms. The average Bonchev–Trinajstić information content (AvgIpc) is 2.35. The van der Waals surface area contributed by atoms with E-state index in [1.165, 1.54) is 10.8 Å². The third-order valence-electron chi connectivity index (χ3n) is 2.86. The number of nitrogens with two attached hydrogens (primary N) is 1. The van der Waals surface area contributed by atoms with Crippen LogP contribution >= 0.6 is 15.9 Å². The summed E-state index contributed by atoms with van der Waals surface area (Å²) in [5, 5.41) is 2.42. The first kappa shape index (κ1) is 13.5. The first-order valence-electron chi connectivity index (χ1n) is 6.12. The van der Waals surface area contributed by atoms with Crippen LogP contribution in [0.15, 0.2) is 40.9 Å². The second-order valence-electron chi connectivity index (χ2n) is 4.74. The Hall–Kier alpha value is -0.900. The summed E-state index contributed by atoms with van der Waals surface area (Å²) in [6.07, 6.45) is 0.215. The summed E-state index contributed by atoms with van der Waals surface area (Å²) in [5.74, 6) is 0. The van der Waals surface area contributed by atoms with Crippen LogP contribution in [-0.2, 0) is 4.74 Å². The molecule has 2 nitrogen and oxygen atoms in total. The predicted octanol–water partition coefficient (Wildman–Crippen LogP) is 4.03. The molecular formula is C15H18BrNO. The maximum Gasteiger partial charge on any atom is 0.0662 e. The van der Waals surface area contributed by atoms with E-state index in [9.17, 15) is 0 Å². The van der Waals surface area contributed by atoms with Gasteiger partial charge in [-0.2, -0.15) is 0 Å². The molecule has 0 saturated heterocycles. The van der Waals surface area contributed by atoms with Gasteiger partial charge in [0, 0.05) is 4.47 Å². The van der Waals surface area contributed by atoms with Gasteiger partial charge >= 0.3 is 0 Å². The van der Waals surface area contributed by atoms with Gasteiger partial charge in [-0.1, -0.05) is 34.1 Å². The highest BCUT2D eigenvalue weighted by Crippen LogP contribution is 2.23. The molecule has 0 aromatic heterocycles. The van der Waals surface area contributed by atoms with Gasteiger partial charge in [0.2, 0.25) is 0 Å². The number of rotatable bonds is 4. The Labute approximate surface area is 116 Å². The molecule has 0 aliphatic carbocycles. The van der Waals surface area contributed by atoms with Crippen molar-refractivity contribution in [1.82, 2.24) is 0 Å². The van der Waals surface area contributed by atoms with Crippen LogP contribution in [0.2, 0.25) is 0 Å². The highest BCUT2D eigenvalue weighted by atomic mass is 79.9. The van der Waals surface area contributed by atoms with Crippen molar-refractivity contribution in [1.29, 1.82) is 0 Å². The minimum Gasteiger partial charge on any atom is -0.377 e. The van der Waals surface area contributed by atoms with Gasteiger partial charge in [-0.05, 0) is 48.4 Å². The van der Waals surface area contributed by atoms with Crippen LogP contribution in [0.25, 0.3) is 10.8 Å². The zero-order valence-corrected chi connectivity index (χ0v) is 12.3. The number of benzene rings is 2. The van der Waals surface area contributed by atoms with Crippen molar-refractivity contribution >= 4 is 26.7 Å². The van der Waals surface area contributed by atoms with Crippen molar-refractivity contribution in [3.05, 3.63) is 46.4 Å². The minimum absolute atomic E-state index is 0.0690. The summed E-state index contributed by atoms with van der Waals surface area (Å²) in [6.45, 7) is 4.59. The highest BCUT2D eigenvalue weighted by Gasteiger charge is 2.08. The topological polar surface area (TPSA) is 35.2 Å². The van der Waals surface area contributed by atoms with Gasteiger partial charge in [-0.15, -0.1) is 0 Å². The number of ether oxygens (including phenoxy) is 1. The van der Waals surface area contributed by atoms with Crippen molar-refractivity contribution < 1.29 is 4.74 Å². The molecule has 3 heteroatoms. The quantitative estimate of drug-likeness (QED) is 0.925. The van der Waals surface area contributed by atoms with E-state index < -0.39 is 0 Å². The molecular weight excluding hydrogens is 290 g/mol. The molecule has 2 aromatic carbocycles. The van der Waals surface area contributed by atoms with E-state index in [1.54, 1.807) is 0 Å². The van der Waals surface area contributed by atoms with Crippen molar-refractivity contribution in [3.8, 4) is 0 Å². The fourth-order valence-corrected chi connectivity index (χ4v) is 2.24. The minimum atomic E-state index is -0.0690.